The third-order valence-electron chi connectivity index (χ3n) is 4.11. The van der Waals surface area contributed by atoms with Gasteiger partial charge in [-0.1, -0.05) is 42.0 Å². The molecular formula is C21H19N3S2. The van der Waals surface area contributed by atoms with Gasteiger partial charge in [-0.15, -0.1) is 11.3 Å². The first-order valence-electron chi connectivity index (χ1n) is 8.20. The van der Waals surface area contributed by atoms with Gasteiger partial charge in [-0.05, 0) is 55.5 Å². The van der Waals surface area contributed by atoms with Gasteiger partial charge in [0.15, 0.2) is 0 Å². The summed E-state index contributed by atoms with van der Waals surface area (Å²) in [6.07, 6.45) is 2.63. The summed E-state index contributed by atoms with van der Waals surface area (Å²) in [5.41, 5.74) is 6.23. The molecule has 0 aliphatic rings. The third kappa shape index (κ3) is 4.23. The standard InChI is InChI=1S/C21H19N3S2/c1-14-3-10-19(15(2)11-14)20-13-25-21(24-20)17(12-22)7-4-16-5-8-18(26-23)9-6-16/h3,5-11,13H,4,23H2,1-2H3/b17-7-. The van der Waals surface area contributed by atoms with Crippen molar-refractivity contribution in [2.45, 2.75) is 25.2 Å². The molecule has 0 bridgehead atoms. The molecule has 130 valence electrons. The van der Waals surface area contributed by atoms with Gasteiger partial charge in [-0.3, -0.25) is 5.14 Å². The molecule has 0 aliphatic carbocycles. The number of aromatic nitrogens is 1. The van der Waals surface area contributed by atoms with Gasteiger partial charge in [0.2, 0.25) is 0 Å². The highest BCUT2D eigenvalue weighted by molar-refractivity contribution is 7.97. The Labute approximate surface area is 162 Å². The minimum absolute atomic E-state index is 0.614. The van der Waals surface area contributed by atoms with Crippen molar-refractivity contribution in [1.82, 2.24) is 4.98 Å². The van der Waals surface area contributed by atoms with Crippen LogP contribution in [0.2, 0.25) is 0 Å². The van der Waals surface area contributed by atoms with Gasteiger partial charge in [0.25, 0.3) is 0 Å². The molecule has 0 radical (unpaired) electrons. The molecule has 2 N–H and O–H groups in total. The maximum absolute atomic E-state index is 9.54. The summed E-state index contributed by atoms with van der Waals surface area (Å²) in [5.74, 6) is 0. The monoisotopic (exact) mass is 377 g/mol. The summed E-state index contributed by atoms with van der Waals surface area (Å²) in [5, 5.41) is 17.9. The lowest BCUT2D eigenvalue weighted by Gasteiger charge is -2.03. The van der Waals surface area contributed by atoms with E-state index in [2.05, 4.69) is 43.1 Å². The van der Waals surface area contributed by atoms with Crippen LogP contribution in [0, 0.1) is 25.2 Å². The van der Waals surface area contributed by atoms with Crippen LogP contribution in [0.5, 0.6) is 0 Å². The second kappa shape index (κ2) is 8.33. The average Bonchev–Trinajstić information content (AvgIpc) is 3.12. The van der Waals surface area contributed by atoms with Gasteiger partial charge in [-0.25, -0.2) is 4.98 Å². The molecule has 0 fully saturated rings. The lowest BCUT2D eigenvalue weighted by Crippen LogP contribution is -1.88. The van der Waals surface area contributed by atoms with Crippen LogP contribution >= 0.6 is 23.3 Å². The molecule has 1 heterocycles. The fourth-order valence-corrected chi connectivity index (χ4v) is 3.83. The third-order valence-corrected chi connectivity index (χ3v) is 5.53. The normalized spacial score (nSPS) is 11.4. The number of hydrogen-bond donors (Lipinski definition) is 1. The van der Waals surface area contributed by atoms with E-state index >= 15 is 0 Å². The number of nitrogens with zero attached hydrogens (tertiary/aromatic N) is 2. The number of allylic oxidation sites excluding steroid dienone is 2. The SMILES string of the molecule is Cc1ccc(-c2csc(/C(C#N)=C\Cc3ccc(SN)cc3)n2)c(C)c1. The highest BCUT2D eigenvalue weighted by Gasteiger charge is 2.10. The Morgan fingerprint density at radius 1 is 1.23 bits per heavy atom. The van der Waals surface area contributed by atoms with Crippen LogP contribution in [0.25, 0.3) is 16.8 Å². The van der Waals surface area contributed by atoms with Crippen LogP contribution in [0.1, 0.15) is 21.7 Å². The van der Waals surface area contributed by atoms with E-state index in [4.69, 9.17) is 5.14 Å². The van der Waals surface area contributed by atoms with E-state index in [0.29, 0.717) is 12.0 Å². The van der Waals surface area contributed by atoms with Crippen LogP contribution in [0.3, 0.4) is 0 Å². The van der Waals surface area contributed by atoms with Gasteiger partial charge in [0, 0.05) is 15.8 Å². The first-order chi connectivity index (χ1) is 12.6. The summed E-state index contributed by atoms with van der Waals surface area (Å²) in [6.45, 7) is 4.17. The maximum Gasteiger partial charge on any atom is 0.134 e. The zero-order chi connectivity index (χ0) is 18.5. The predicted molar refractivity (Wildman–Crippen MR) is 111 cm³/mol. The van der Waals surface area contributed by atoms with E-state index in [1.54, 1.807) is 0 Å². The molecule has 0 amide bonds. The van der Waals surface area contributed by atoms with Crippen molar-refractivity contribution in [2.24, 2.45) is 5.14 Å². The number of rotatable bonds is 5. The molecular weight excluding hydrogens is 358 g/mol. The number of nitrogens with two attached hydrogens (primary N) is 1. The van der Waals surface area contributed by atoms with Gasteiger partial charge in [0.1, 0.15) is 11.1 Å². The van der Waals surface area contributed by atoms with Gasteiger partial charge in [-0.2, -0.15) is 5.26 Å². The van der Waals surface area contributed by atoms with E-state index in [1.165, 1.54) is 34.4 Å². The molecule has 3 aromatic rings. The van der Waals surface area contributed by atoms with Crippen molar-refractivity contribution < 1.29 is 0 Å². The molecule has 3 rings (SSSR count). The number of nitriles is 1. The van der Waals surface area contributed by atoms with E-state index < -0.39 is 0 Å². The van der Waals surface area contributed by atoms with Crippen molar-refractivity contribution in [1.29, 1.82) is 5.26 Å². The lowest BCUT2D eigenvalue weighted by atomic mass is 10.0. The molecule has 5 heteroatoms. The van der Waals surface area contributed by atoms with E-state index in [-0.39, 0.29) is 0 Å². The van der Waals surface area contributed by atoms with Crippen LogP contribution in [-0.2, 0) is 6.42 Å². The Hall–Kier alpha value is -2.39. The second-order valence-electron chi connectivity index (χ2n) is 6.05. The van der Waals surface area contributed by atoms with Crippen molar-refractivity contribution in [3.8, 4) is 17.3 Å². The molecule has 0 unspecified atom stereocenters. The average molecular weight is 378 g/mol. The predicted octanol–water partition coefficient (Wildman–Crippen LogP) is 5.54. The first-order valence-corrected chi connectivity index (χ1v) is 9.96. The van der Waals surface area contributed by atoms with E-state index in [0.717, 1.165) is 26.7 Å². The number of hydrogen-bond acceptors (Lipinski definition) is 5. The summed E-state index contributed by atoms with van der Waals surface area (Å²) in [4.78, 5) is 5.71. The highest BCUT2D eigenvalue weighted by atomic mass is 32.2. The Morgan fingerprint density at radius 2 is 2.00 bits per heavy atom. The van der Waals surface area contributed by atoms with Gasteiger partial charge in [0.05, 0.1) is 11.3 Å². The Bertz CT molecular complexity index is 979. The zero-order valence-corrected chi connectivity index (χ0v) is 16.3. The van der Waals surface area contributed by atoms with Crippen molar-refractivity contribution >= 4 is 28.9 Å². The zero-order valence-electron chi connectivity index (χ0n) is 14.7. The van der Waals surface area contributed by atoms with Crippen LogP contribution in [-0.4, -0.2) is 4.98 Å². The second-order valence-corrected chi connectivity index (χ2v) is 7.62. The van der Waals surface area contributed by atoms with Crippen LogP contribution in [0.15, 0.2) is 58.8 Å². The Morgan fingerprint density at radius 3 is 2.65 bits per heavy atom. The molecule has 0 spiro atoms. The molecule has 0 aliphatic heterocycles. The topological polar surface area (TPSA) is 62.7 Å². The fourth-order valence-electron chi connectivity index (χ4n) is 2.73. The van der Waals surface area contributed by atoms with E-state index in [1.807, 2.05) is 35.7 Å². The minimum atomic E-state index is 0.614. The van der Waals surface area contributed by atoms with Crippen molar-refractivity contribution in [3.63, 3.8) is 0 Å². The van der Waals surface area contributed by atoms with Crippen LogP contribution < -0.4 is 5.14 Å². The molecule has 26 heavy (non-hydrogen) atoms. The molecule has 1 aromatic heterocycles. The van der Waals surface area contributed by atoms with Gasteiger partial charge >= 0.3 is 0 Å². The number of benzene rings is 2. The molecule has 0 atom stereocenters. The van der Waals surface area contributed by atoms with Gasteiger partial charge < -0.3 is 0 Å². The molecule has 0 saturated heterocycles. The quantitative estimate of drug-likeness (QED) is 0.468. The highest BCUT2D eigenvalue weighted by Crippen LogP contribution is 2.29. The first kappa shape index (κ1) is 18.4. The maximum atomic E-state index is 9.54. The summed E-state index contributed by atoms with van der Waals surface area (Å²) in [6, 6.07) is 16.7. The van der Waals surface area contributed by atoms with Crippen LogP contribution in [0.4, 0.5) is 0 Å². The van der Waals surface area contributed by atoms with Crippen molar-refractivity contribution in [3.05, 3.63) is 75.6 Å². The molecule has 3 nitrogen and oxygen atoms in total. The smallest absolute Gasteiger partial charge is 0.134 e. The van der Waals surface area contributed by atoms with Crippen molar-refractivity contribution in [2.75, 3.05) is 0 Å². The molecule has 2 aromatic carbocycles. The summed E-state index contributed by atoms with van der Waals surface area (Å²) < 4.78 is 0. The molecule has 0 saturated carbocycles. The Kier molecular flexibility index (Phi) is 5.89. The summed E-state index contributed by atoms with van der Waals surface area (Å²) in [7, 11) is 0. The number of aryl methyl sites for hydroxylation is 2. The fraction of sp³-hybridized carbons (Fsp3) is 0.143. The number of thiazole rings is 1. The van der Waals surface area contributed by atoms with E-state index in [9.17, 15) is 5.26 Å². The minimum Gasteiger partial charge on any atom is -0.274 e. The summed E-state index contributed by atoms with van der Waals surface area (Å²) >= 11 is 2.74. The lowest BCUT2D eigenvalue weighted by molar-refractivity contribution is 1.24. The Balaban J connectivity index is 1.82. The largest absolute Gasteiger partial charge is 0.274 e.